The van der Waals surface area contributed by atoms with Crippen molar-refractivity contribution in [2.75, 3.05) is 0 Å². The molecule has 0 aliphatic carbocycles. The number of aromatic nitrogens is 2. The van der Waals surface area contributed by atoms with E-state index in [0.29, 0.717) is 16.1 Å². The minimum absolute atomic E-state index is 0.133. The molecule has 0 unspecified atom stereocenters. The number of imidazole rings is 1. The topological polar surface area (TPSA) is 28.7 Å². The summed E-state index contributed by atoms with van der Waals surface area (Å²) < 4.78 is 27.3. The van der Waals surface area contributed by atoms with Gasteiger partial charge in [-0.25, -0.2) is 13.8 Å². The van der Waals surface area contributed by atoms with Gasteiger partial charge in [0, 0.05) is 0 Å². The Kier molecular flexibility index (Phi) is 2.52. The van der Waals surface area contributed by atoms with E-state index in [4.69, 9.17) is 11.6 Å². The summed E-state index contributed by atoms with van der Waals surface area (Å²) >= 11 is 5.97. The van der Waals surface area contributed by atoms with E-state index in [2.05, 4.69) is 9.97 Å². The fourth-order valence-electron chi connectivity index (χ4n) is 1.84. The van der Waals surface area contributed by atoms with Crippen LogP contribution in [-0.4, -0.2) is 9.97 Å². The van der Waals surface area contributed by atoms with E-state index in [9.17, 15) is 8.78 Å². The molecule has 1 N–H and O–H groups in total. The van der Waals surface area contributed by atoms with Gasteiger partial charge in [0.2, 0.25) is 0 Å². The van der Waals surface area contributed by atoms with Crippen molar-refractivity contribution in [3.05, 3.63) is 53.1 Å². The number of nitrogens with zero attached hydrogens (tertiary/aromatic N) is 1. The summed E-state index contributed by atoms with van der Waals surface area (Å²) in [7, 11) is 0. The molecule has 3 rings (SSSR count). The van der Waals surface area contributed by atoms with Crippen LogP contribution in [-0.2, 0) is 0 Å². The summed E-state index contributed by atoms with van der Waals surface area (Å²) in [5.74, 6) is -1.19. The molecule has 1 heterocycles. The van der Waals surface area contributed by atoms with Crippen molar-refractivity contribution in [3.63, 3.8) is 0 Å². The van der Waals surface area contributed by atoms with Gasteiger partial charge in [-0.3, -0.25) is 0 Å². The maximum absolute atomic E-state index is 13.6. The normalized spacial score (nSPS) is 11.1. The van der Waals surface area contributed by atoms with Crippen LogP contribution in [0.2, 0.25) is 5.02 Å². The van der Waals surface area contributed by atoms with Crippen LogP contribution >= 0.6 is 11.6 Å². The van der Waals surface area contributed by atoms with E-state index in [1.165, 1.54) is 18.2 Å². The number of fused-ring (bicyclic) bond motifs is 1. The molecule has 0 saturated carbocycles. The second-order valence-electron chi connectivity index (χ2n) is 3.82. The highest BCUT2D eigenvalue weighted by Gasteiger charge is 2.15. The number of rotatable bonds is 1. The molecule has 0 atom stereocenters. The lowest BCUT2D eigenvalue weighted by Gasteiger charge is -2.00. The second kappa shape index (κ2) is 4.07. The largest absolute Gasteiger partial charge is 0.338 e. The molecule has 90 valence electrons. The number of hydrogen-bond acceptors (Lipinski definition) is 1. The van der Waals surface area contributed by atoms with Gasteiger partial charge in [0.25, 0.3) is 0 Å². The Morgan fingerprint density at radius 3 is 2.33 bits per heavy atom. The maximum atomic E-state index is 13.6. The lowest BCUT2D eigenvalue weighted by Crippen LogP contribution is -1.90. The third kappa shape index (κ3) is 1.66. The van der Waals surface area contributed by atoms with E-state index in [1.807, 2.05) is 0 Å². The third-order valence-corrected chi connectivity index (χ3v) is 2.97. The Hall–Kier alpha value is -1.94. The molecular weight excluding hydrogens is 258 g/mol. The average Bonchev–Trinajstić information content (AvgIpc) is 2.74. The van der Waals surface area contributed by atoms with Crippen LogP contribution in [0.1, 0.15) is 0 Å². The van der Waals surface area contributed by atoms with Gasteiger partial charge >= 0.3 is 0 Å². The van der Waals surface area contributed by atoms with Crippen LogP contribution in [0, 0.1) is 11.6 Å². The van der Waals surface area contributed by atoms with Gasteiger partial charge in [-0.2, -0.15) is 0 Å². The minimum atomic E-state index is -0.662. The molecule has 0 fully saturated rings. The number of halogens is 3. The summed E-state index contributed by atoms with van der Waals surface area (Å²) in [5, 5.41) is 0.437. The average molecular weight is 265 g/mol. The number of H-pyrrole nitrogens is 1. The van der Waals surface area contributed by atoms with Gasteiger partial charge in [-0.05, 0) is 24.3 Å². The summed E-state index contributed by atoms with van der Waals surface area (Å²) in [6.07, 6.45) is 0. The van der Waals surface area contributed by atoms with E-state index in [-0.39, 0.29) is 11.4 Å². The Balaban J connectivity index is 2.30. The van der Waals surface area contributed by atoms with Crippen molar-refractivity contribution in [2.24, 2.45) is 0 Å². The van der Waals surface area contributed by atoms with Crippen LogP contribution in [0.5, 0.6) is 0 Å². The highest BCUT2D eigenvalue weighted by Crippen LogP contribution is 2.28. The first-order valence-corrected chi connectivity index (χ1v) is 5.63. The zero-order valence-corrected chi connectivity index (χ0v) is 9.80. The molecule has 0 spiro atoms. The fourth-order valence-corrected chi connectivity index (χ4v) is 2.06. The van der Waals surface area contributed by atoms with Gasteiger partial charge in [-0.15, -0.1) is 0 Å². The Morgan fingerprint density at radius 2 is 1.67 bits per heavy atom. The maximum Gasteiger partial charge on any atom is 0.144 e. The van der Waals surface area contributed by atoms with Gasteiger partial charge in [0.15, 0.2) is 0 Å². The smallest absolute Gasteiger partial charge is 0.144 e. The minimum Gasteiger partial charge on any atom is -0.338 e. The molecule has 0 radical (unpaired) electrons. The molecule has 5 heteroatoms. The first-order chi connectivity index (χ1) is 8.66. The molecule has 0 aliphatic heterocycles. The third-order valence-electron chi connectivity index (χ3n) is 2.66. The zero-order valence-electron chi connectivity index (χ0n) is 9.05. The Labute approximate surface area is 106 Å². The molecule has 1 aromatic heterocycles. The van der Waals surface area contributed by atoms with Crippen molar-refractivity contribution in [1.29, 1.82) is 0 Å². The van der Waals surface area contributed by atoms with Crippen molar-refractivity contribution in [2.45, 2.75) is 0 Å². The first-order valence-electron chi connectivity index (χ1n) is 5.25. The number of nitrogens with one attached hydrogen (secondary N) is 1. The zero-order chi connectivity index (χ0) is 12.7. The van der Waals surface area contributed by atoms with Crippen LogP contribution in [0.25, 0.3) is 22.4 Å². The second-order valence-corrected chi connectivity index (χ2v) is 4.23. The summed E-state index contributed by atoms with van der Waals surface area (Å²) in [6.45, 7) is 0. The highest BCUT2D eigenvalue weighted by molar-refractivity contribution is 6.34. The molecule has 2 nitrogen and oxygen atoms in total. The standard InChI is InChI=1S/C13H7ClF2N2/c14-7-3-1-6-10-12(7)18-13(17-10)11-8(15)4-2-5-9(11)16/h1-6H,(H,17,18). The molecule has 2 aromatic carbocycles. The highest BCUT2D eigenvalue weighted by atomic mass is 35.5. The van der Waals surface area contributed by atoms with E-state index < -0.39 is 11.6 Å². The molecule has 0 aliphatic rings. The summed E-state index contributed by atoms with van der Waals surface area (Å²) in [6, 6.07) is 8.84. The van der Waals surface area contributed by atoms with Crippen molar-refractivity contribution in [1.82, 2.24) is 9.97 Å². The Morgan fingerprint density at radius 1 is 1.00 bits per heavy atom. The first kappa shape index (κ1) is 11.2. The molecule has 18 heavy (non-hydrogen) atoms. The molecule has 0 amide bonds. The van der Waals surface area contributed by atoms with E-state index >= 15 is 0 Å². The molecular formula is C13H7ClF2N2. The number of hydrogen-bond donors (Lipinski definition) is 1. The number of para-hydroxylation sites is 1. The fraction of sp³-hybridized carbons (Fsp3) is 0. The van der Waals surface area contributed by atoms with Gasteiger partial charge in [0.05, 0.1) is 16.1 Å². The summed E-state index contributed by atoms with van der Waals surface area (Å²) in [4.78, 5) is 7.00. The van der Waals surface area contributed by atoms with Crippen molar-refractivity contribution in [3.8, 4) is 11.4 Å². The lowest BCUT2D eigenvalue weighted by molar-refractivity contribution is 0.588. The van der Waals surface area contributed by atoms with Gasteiger partial charge < -0.3 is 4.98 Å². The predicted octanol–water partition coefficient (Wildman–Crippen LogP) is 4.16. The van der Waals surface area contributed by atoms with Crippen LogP contribution in [0.15, 0.2) is 36.4 Å². The van der Waals surface area contributed by atoms with Crippen LogP contribution in [0.4, 0.5) is 8.78 Å². The van der Waals surface area contributed by atoms with Gasteiger partial charge in [0.1, 0.15) is 23.0 Å². The number of benzene rings is 2. The monoisotopic (exact) mass is 264 g/mol. The molecule has 3 aromatic rings. The van der Waals surface area contributed by atoms with Crippen LogP contribution < -0.4 is 0 Å². The molecule has 0 bridgehead atoms. The predicted molar refractivity (Wildman–Crippen MR) is 66.5 cm³/mol. The molecule has 0 saturated heterocycles. The van der Waals surface area contributed by atoms with E-state index in [0.717, 1.165) is 0 Å². The van der Waals surface area contributed by atoms with Crippen LogP contribution in [0.3, 0.4) is 0 Å². The Bertz CT molecular complexity index is 717. The number of aromatic amines is 1. The summed E-state index contributed by atoms with van der Waals surface area (Å²) in [5.41, 5.74) is 0.960. The quantitative estimate of drug-likeness (QED) is 0.702. The van der Waals surface area contributed by atoms with E-state index in [1.54, 1.807) is 18.2 Å². The SMILES string of the molecule is Fc1cccc(F)c1-c1nc2c(Cl)cccc2[nH]1. The van der Waals surface area contributed by atoms with Gasteiger partial charge in [-0.1, -0.05) is 23.7 Å². The van der Waals surface area contributed by atoms with Crippen molar-refractivity contribution < 1.29 is 8.78 Å². The lowest BCUT2D eigenvalue weighted by atomic mass is 10.2. The van der Waals surface area contributed by atoms with Crippen molar-refractivity contribution >= 4 is 22.6 Å².